The topological polar surface area (TPSA) is 35.2 Å². The Morgan fingerprint density at radius 2 is 1.89 bits per heavy atom. The molecule has 0 atom stereocenters. The zero-order valence-corrected chi connectivity index (χ0v) is 11.2. The predicted molar refractivity (Wildman–Crippen MR) is 77.1 cm³/mol. The van der Waals surface area contributed by atoms with Gasteiger partial charge in [0.2, 0.25) is 0 Å². The van der Waals surface area contributed by atoms with Gasteiger partial charge in [-0.25, -0.2) is 0 Å². The van der Waals surface area contributed by atoms with Gasteiger partial charge in [-0.3, -0.25) is 0 Å². The highest BCUT2D eigenvalue weighted by atomic mass is 35.5. The van der Waals surface area contributed by atoms with E-state index in [4.69, 9.17) is 22.1 Å². The van der Waals surface area contributed by atoms with Crippen LogP contribution in [-0.4, -0.2) is 6.10 Å². The van der Waals surface area contributed by atoms with E-state index in [2.05, 4.69) is 0 Å². The third kappa shape index (κ3) is 2.96. The van der Waals surface area contributed by atoms with Gasteiger partial charge in [0.05, 0.1) is 11.1 Å². The fraction of sp³-hybridized carbons (Fsp3) is 0.200. The van der Waals surface area contributed by atoms with Crippen LogP contribution >= 0.6 is 11.6 Å². The van der Waals surface area contributed by atoms with Crippen LogP contribution in [0.4, 0.5) is 5.69 Å². The molecule has 0 fully saturated rings. The number of halogens is 1. The Morgan fingerprint density at radius 1 is 1.11 bits per heavy atom. The summed E-state index contributed by atoms with van der Waals surface area (Å²) in [4.78, 5) is 0. The lowest BCUT2D eigenvalue weighted by molar-refractivity contribution is 0.242. The van der Waals surface area contributed by atoms with Crippen LogP contribution in [0.15, 0.2) is 42.5 Å². The van der Waals surface area contributed by atoms with E-state index in [1.807, 2.05) is 50.2 Å². The molecule has 2 aromatic carbocycles. The van der Waals surface area contributed by atoms with Crippen molar-refractivity contribution in [3.05, 3.63) is 47.5 Å². The Labute approximate surface area is 112 Å². The lowest BCUT2D eigenvalue weighted by atomic mass is 10.1. The van der Waals surface area contributed by atoms with Crippen LogP contribution in [0, 0.1) is 0 Å². The van der Waals surface area contributed by atoms with Gasteiger partial charge >= 0.3 is 0 Å². The van der Waals surface area contributed by atoms with Gasteiger partial charge in [-0.15, -0.1) is 0 Å². The molecule has 0 aromatic heterocycles. The number of nitrogen functional groups attached to an aromatic ring is 1. The van der Waals surface area contributed by atoms with Crippen molar-refractivity contribution in [2.24, 2.45) is 0 Å². The summed E-state index contributed by atoms with van der Waals surface area (Å²) in [6.07, 6.45) is 0.155. The molecular formula is C15H16ClNO. The minimum absolute atomic E-state index is 0.155. The molecule has 0 bridgehead atoms. The predicted octanol–water partition coefficient (Wildman–Crippen LogP) is 4.38. The van der Waals surface area contributed by atoms with E-state index in [9.17, 15) is 0 Å². The molecule has 0 aliphatic carbocycles. The van der Waals surface area contributed by atoms with E-state index in [1.165, 1.54) is 0 Å². The maximum Gasteiger partial charge on any atom is 0.120 e. The monoisotopic (exact) mass is 261 g/mol. The molecular weight excluding hydrogens is 246 g/mol. The second-order valence-corrected chi connectivity index (χ2v) is 4.84. The second-order valence-electron chi connectivity index (χ2n) is 4.43. The Hall–Kier alpha value is -1.67. The summed E-state index contributed by atoms with van der Waals surface area (Å²) in [6, 6.07) is 13.4. The van der Waals surface area contributed by atoms with Gasteiger partial charge in [0, 0.05) is 11.3 Å². The Morgan fingerprint density at radius 3 is 2.56 bits per heavy atom. The number of anilines is 1. The molecule has 2 rings (SSSR count). The summed E-state index contributed by atoms with van der Waals surface area (Å²) in [6.45, 7) is 4.01. The fourth-order valence-corrected chi connectivity index (χ4v) is 2.07. The van der Waals surface area contributed by atoms with Crippen LogP contribution in [-0.2, 0) is 0 Å². The van der Waals surface area contributed by atoms with Gasteiger partial charge in [-0.05, 0) is 43.7 Å². The van der Waals surface area contributed by atoms with Crippen molar-refractivity contribution in [3.8, 4) is 16.9 Å². The minimum atomic E-state index is 0.155. The smallest absolute Gasteiger partial charge is 0.120 e. The molecule has 0 saturated carbocycles. The lowest BCUT2D eigenvalue weighted by Crippen LogP contribution is -2.05. The zero-order valence-electron chi connectivity index (χ0n) is 10.5. The molecule has 3 heteroatoms. The van der Waals surface area contributed by atoms with E-state index in [0.717, 1.165) is 16.9 Å². The highest BCUT2D eigenvalue weighted by Gasteiger charge is 2.05. The highest BCUT2D eigenvalue weighted by Crippen LogP contribution is 2.31. The summed E-state index contributed by atoms with van der Waals surface area (Å²) in [5.74, 6) is 0.843. The van der Waals surface area contributed by atoms with Crippen molar-refractivity contribution >= 4 is 17.3 Å². The number of benzene rings is 2. The minimum Gasteiger partial charge on any atom is -0.491 e. The Kier molecular flexibility index (Phi) is 3.78. The van der Waals surface area contributed by atoms with Gasteiger partial charge in [0.25, 0.3) is 0 Å². The molecule has 0 saturated heterocycles. The molecule has 0 amide bonds. The molecule has 0 aliphatic heterocycles. The summed E-state index contributed by atoms with van der Waals surface area (Å²) in [5, 5.41) is 0.650. The van der Waals surface area contributed by atoms with Crippen molar-refractivity contribution in [2.45, 2.75) is 20.0 Å². The van der Waals surface area contributed by atoms with E-state index in [1.54, 1.807) is 6.07 Å². The summed E-state index contributed by atoms with van der Waals surface area (Å²) in [5.41, 5.74) is 8.34. The summed E-state index contributed by atoms with van der Waals surface area (Å²) in [7, 11) is 0. The van der Waals surface area contributed by atoms with Crippen LogP contribution in [0.5, 0.6) is 5.75 Å². The molecule has 0 radical (unpaired) electrons. The van der Waals surface area contributed by atoms with Crippen molar-refractivity contribution in [3.63, 3.8) is 0 Å². The molecule has 2 aromatic rings. The van der Waals surface area contributed by atoms with Crippen LogP contribution in [0.1, 0.15) is 13.8 Å². The van der Waals surface area contributed by atoms with Crippen molar-refractivity contribution in [1.82, 2.24) is 0 Å². The van der Waals surface area contributed by atoms with E-state index in [0.29, 0.717) is 10.7 Å². The number of rotatable bonds is 3. The molecule has 18 heavy (non-hydrogen) atoms. The summed E-state index contributed by atoms with van der Waals surface area (Å²) >= 11 is 6.20. The molecule has 0 aliphatic rings. The average molecular weight is 262 g/mol. The Bertz CT molecular complexity index is 552. The third-order valence-electron chi connectivity index (χ3n) is 2.51. The van der Waals surface area contributed by atoms with E-state index < -0.39 is 0 Å². The molecule has 2 N–H and O–H groups in total. The van der Waals surface area contributed by atoms with Crippen LogP contribution in [0.2, 0.25) is 5.02 Å². The second kappa shape index (κ2) is 5.32. The van der Waals surface area contributed by atoms with Crippen molar-refractivity contribution < 1.29 is 4.74 Å². The summed E-state index contributed by atoms with van der Waals surface area (Å²) < 4.78 is 5.67. The maximum atomic E-state index is 6.20. The molecule has 0 unspecified atom stereocenters. The quantitative estimate of drug-likeness (QED) is 0.833. The van der Waals surface area contributed by atoms with Crippen LogP contribution in [0.25, 0.3) is 11.1 Å². The molecule has 94 valence electrons. The van der Waals surface area contributed by atoms with Gasteiger partial charge in [-0.1, -0.05) is 29.8 Å². The van der Waals surface area contributed by atoms with E-state index in [-0.39, 0.29) is 6.10 Å². The number of hydrogen-bond acceptors (Lipinski definition) is 2. The van der Waals surface area contributed by atoms with Crippen molar-refractivity contribution in [2.75, 3.05) is 5.73 Å². The molecule has 2 nitrogen and oxygen atoms in total. The first-order chi connectivity index (χ1) is 8.56. The first-order valence-electron chi connectivity index (χ1n) is 5.88. The number of ether oxygens (including phenoxy) is 1. The normalized spacial score (nSPS) is 10.7. The standard InChI is InChI=1S/C15H16ClNO/c1-10(2)18-13-5-3-4-11(8-13)14-7-6-12(17)9-15(14)16/h3-10H,17H2,1-2H3. The average Bonchev–Trinajstić information content (AvgIpc) is 2.28. The van der Waals surface area contributed by atoms with Crippen LogP contribution in [0.3, 0.4) is 0 Å². The number of hydrogen-bond donors (Lipinski definition) is 1. The SMILES string of the molecule is CC(C)Oc1cccc(-c2ccc(N)cc2Cl)c1. The Balaban J connectivity index is 2.38. The lowest BCUT2D eigenvalue weighted by Gasteiger charge is -2.11. The third-order valence-corrected chi connectivity index (χ3v) is 2.82. The van der Waals surface area contributed by atoms with E-state index >= 15 is 0 Å². The van der Waals surface area contributed by atoms with Crippen LogP contribution < -0.4 is 10.5 Å². The maximum absolute atomic E-state index is 6.20. The first-order valence-corrected chi connectivity index (χ1v) is 6.26. The van der Waals surface area contributed by atoms with Gasteiger partial charge < -0.3 is 10.5 Å². The first kappa shape index (κ1) is 12.8. The highest BCUT2D eigenvalue weighted by molar-refractivity contribution is 6.33. The zero-order chi connectivity index (χ0) is 13.1. The number of nitrogens with two attached hydrogens (primary N) is 1. The van der Waals surface area contributed by atoms with Gasteiger partial charge in [-0.2, -0.15) is 0 Å². The molecule has 0 spiro atoms. The molecule has 0 heterocycles. The van der Waals surface area contributed by atoms with Gasteiger partial charge in [0.1, 0.15) is 5.75 Å². The van der Waals surface area contributed by atoms with Gasteiger partial charge in [0.15, 0.2) is 0 Å². The largest absolute Gasteiger partial charge is 0.491 e. The fourth-order valence-electron chi connectivity index (χ4n) is 1.77. The van der Waals surface area contributed by atoms with Crippen molar-refractivity contribution in [1.29, 1.82) is 0 Å².